The predicted octanol–water partition coefficient (Wildman–Crippen LogP) is 3.24. The van der Waals surface area contributed by atoms with Crippen LogP contribution in [0.5, 0.6) is 11.5 Å². The molecule has 0 spiro atoms. The molecule has 8 heteroatoms. The van der Waals surface area contributed by atoms with Crippen molar-refractivity contribution in [2.24, 2.45) is 5.92 Å². The van der Waals surface area contributed by atoms with E-state index in [2.05, 4.69) is 20.9 Å². The summed E-state index contributed by atoms with van der Waals surface area (Å²) in [6.45, 7) is 4.30. The highest BCUT2D eigenvalue weighted by molar-refractivity contribution is 6.20. The number of ether oxygens (including phenoxy) is 2. The van der Waals surface area contributed by atoms with Crippen LogP contribution in [0, 0.1) is 11.7 Å². The van der Waals surface area contributed by atoms with Gasteiger partial charge in [-0.25, -0.2) is 4.39 Å². The molecular formula is C25H31FN4O3. The van der Waals surface area contributed by atoms with Gasteiger partial charge in [-0.05, 0) is 63.7 Å². The second-order valence-electron chi connectivity index (χ2n) is 9.16. The molecule has 2 aromatic rings. The molecule has 1 amide bonds. The Labute approximate surface area is 193 Å². The number of carbonyl (C=O) groups is 1. The Balaban J connectivity index is 1.47. The number of aromatic amines is 1. The number of methoxy groups -OCH3 is 1. The van der Waals surface area contributed by atoms with Gasteiger partial charge in [-0.15, -0.1) is 0 Å². The number of hydrogen-bond donors (Lipinski definition) is 4. The van der Waals surface area contributed by atoms with Gasteiger partial charge in [0.15, 0.2) is 11.6 Å². The molecular weight excluding hydrogens is 423 g/mol. The fourth-order valence-electron chi connectivity index (χ4n) is 4.70. The second-order valence-corrected chi connectivity index (χ2v) is 9.16. The molecule has 1 atom stereocenters. The molecule has 4 N–H and O–H groups in total. The topological polar surface area (TPSA) is 87.4 Å². The molecule has 2 aliphatic heterocycles. The molecule has 0 bridgehead atoms. The van der Waals surface area contributed by atoms with Crippen molar-refractivity contribution in [1.82, 2.24) is 20.9 Å². The number of rotatable bonds is 7. The summed E-state index contributed by atoms with van der Waals surface area (Å²) in [7, 11) is 1.46. The van der Waals surface area contributed by atoms with Gasteiger partial charge in [0, 0.05) is 35.1 Å². The number of nitrogens with one attached hydrogen (secondary N) is 4. The lowest BCUT2D eigenvalue weighted by Gasteiger charge is -2.31. The van der Waals surface area contributed by atoms with E-state index in [9.17, 15) is 9.18 Å². The van der Waals surface area contributed by atoms with Gasteiger partial charge in [0.2, 0.25) is 0 Å². The minimum atomic E-state index is -0.452. The Hall–Kier alpha value is -3.00. The Morgan fingerprint density at radius 3 is 2.67 bits per heavy atom. The lowest BCUT2D eigenvalue weighted by atomic mass is 9.90. The number of allylic oxidation sites excluding steroid dienone is 1. The molecule has 1 saturated heterocycles. The summed E-state index contributed by atoms with van der Waals surface area (Å²) >= 11 is 0. The van der Waals surface area contributed by atoms with E-state index in [4.69, 9.17) is 9.47 Å². The van der Waals surface area contributed by atoms with Gasteiger partial charge < -0.3 is 30.4 Å². The van der Waals surface area contributed by atoms with Gasteiger partial charge >= 0.3 is 0 Å². The third-order valence-corrected chi connectivity index (χ3v) is 6.74. The number of fused-ring (bicyclic) bond motifs is 1. The van der Waals surface area contributed by atoms with Crippen LogP contribution in [0.25, 0.3) is 5.57 Å². The van der Waals surface area contributed by atoms with E-state index in [1.807, 2.05) is 19.2 Å². The summed E-state index contributed by atoms with van der Waals surface area (Å²) in [6, 6.07) is 4.92. The minimum absolute atomic E-state index is 0.0871. The minimum Gasteiger partial charge on any atom is -0.494 e. The van der Waals surface area contributed by atoms with Crippen molar-refractivity contribution < 1.29 is 18.7 Å². The molecule has 1 aliphatic carbocycles. The monoisotopic (exact) mass is 454 g/mol. The number of piperidine rings is 1. The molecule has 176 valence electrons. The summed E-state index contributed by atoms with van der Waals surface area (Å²) in [5.74, 6) is 0.665. The molecule has 1 aromatic heterocycles. The Bertz CT molecular complexity index is 1070. The van der Waals surface area contributed by atoms with Crippen molar-refractivity contribution in [2.45, 2.75) is 44.7 Å². The smallest absolute Gasteiger partial charge is 0.255 e. The zero-order valence-corrected chi connectivity index (χ0v) is 19.1. The van der Waals surface area contributed by atoms with E-state index < -0.39 is 5.82 Å². The van der Waals surface area contributed by atoms with Crippen LogP contribution < -0.4 is 25.4 Å². The van der Waals surface area contributed by atoms with E-state index in [1.165, 1.54) is 13.2 Å². The van der Waals surface area contributed by atoms with E-state index in [1.54, 1.807) is 6.07 Å². The van der Waals surface area contributed by atoms with Crippen molar-refractivity contribution in [2.75, 3.05) is 26.8 Å². The van der Waals surface area contributed by atoms with Crippen molar-refractivity contribution in [3.8, 4) is 11.5 Å². The predicted molar refractivity (Wildman–Crippen MR) is 124 cm³/mol. The van der Waals surface area contributed by atoms with E-state index in [-0.39, 0.29) is 23.7 Å². The first kappa shape index (κ1) is 21.8. The molecule has 3 heterocycles. The van der Waals surface area contributed by atoms with Crippen LogP contribution in [-0.2, 0) is 4.79 Å². The SMILES string of the molecule is COc1cc(C2NC(C)=C(C(=O)NC3CCNCC3)c3[nH]ccc32)c(OCC2CC2)cc1F. The van der Waals surface area contributed by atoms with Gasteiger partial charge in [0.05, 0.1) is 31.0 Å². The third kappa shape index (κ3) is 4.44. The van der Waals surface area contributed by atoms with Crippen LogP contribution in [0.4, 0.5) is 4.39 Å². The van der Waals surface area contributed by atoms with E-state index in [0.29, 0.717) is 23.8 Å². The molecule has 7 nitrogen and oxygen atoms in total. The van der Waals surface area contributed by atoms with Crippen molar-refractivity contribution in [3.63, 3.8) is 0 Å². The van der Waals surface area contributed by atoms with Crippen molar-refractivity contribution in [3.05, 3.63) is 52.7 Å². The molecule has 1 aromatic carbocycles. The van der Waals surface area contributed by atoms with Crippen LogP contribution in [0.2, 0.25) is 0 Å². The van der Waals surface area contributed by atoms with Gasteiger partial charge in [0.1, 0.15) is 5.75 Å². The quantitative estimate of drug-likeness (QED) is 0.516. The zero-order valence-electron chi connectivity index (χ0n) is 19.1. The normalized spacial score (nSPS) is 20.8. The van der Waals surface area contributed by atoms with Crippen LogP contribution >= 0.6 is 0 Å². The number of halogens is 1. The Morgan fingerprint density at radius 2 is 1.94 bits per heavy atom. The van der Waals surface area contributed by atoms with Crippen LogP contribution in [0.1, 0.15) is 55.5 Å². The van der Waals surface area contributed by atoms with Crippen LogP contribution in [0.3, 0.4) is 0 Å². The first-order valence-electron chi connectivity index (χ1n) is 11.7. The molecule has 0 radical (unpaired) electrons. The summed E-state index contributed by atoms with van der Waals surface area (Å²) < 4.78 is 25.9. The molecule has 1 saturated carbocycles. The highest BCUT2D eigenvalue weighted by Gasteiger charge is 2.33. The standard InChI is InChI=1S/C25H31FN4O3/c1-14-22(25(31)30-16-5-8-27-9-6-16)24-17(7-10-28-24)23(29-14)18-11-21(32-2)19(26)12-20(18)33-13-15-3-4-15/h7,10-12,15-16,23,27-29H,3-6,8-9,13H2,1-2H3,(H,30,31). The fourth-order valence-corrected chi connectivity index (χ4v) is 4.70. The summed E-state index contributed by atoms with van der Waals surface area (Å²) in [4.78, 5) is 16.5. The average molecular weight is 455 g/mol. The van der Waals surface area contributed by atoms with Crippen molar-refractivity contribution in [1.29, 1.82) is 0 Å². The first-order chi connectivity index (χ1) is 16.0. The number of H-pyrrole nitrogens is 1. The maximum atomic E-state index is 14.5. The van der Waals surface area contributed by atoms with Crippen molar-refractivity contribution >= 4 is 11.5 Å². The number of carbonyl (C=O) groups excluding carboxylic acids is 1. The van der Waals surface area contributed by atoms with Gasteiger partial charge in [0.25, 0.3) is 5.91 Å². The van der Waals surface area contributed by atoms with E-state index in [0.717, 1.165) is 61.3 Å². The Kier molecular flexibility index (Phi) is 6.01. The fraction of sp³-hybridized carbons (Fsp3) is 0.480. The number of aromatic nitrogens is 1. The zero-order chi connectivity index (χ0) is 22.9. The molecule has 33 heavy (non-hydrogen) atoms. The summed E-state index contributed by atoms with van der Waals surface area (Å²) in [5, 5.41) is 10.00. The van der Waals surface area contributed by atoms with Crippen LogP contribution in [-0.4, -0.2) is 43.7 Å². The second kappa shape index (κ2) is 9.09. The number of hydrogen-bond acceptors (Lipinski definition) is 5. The molecule has 2 fully saturated rings. The highest BCUT2D eigenvalue weighted by atomic mass is 19.1. The maximum absolute atomic E-state index is 14.5. The largest absolute Gasteiger partial charge is 0.494 e. The third-order valence-electron chi connectivity index (χ3n) is 6.74. The lowest BCUT2D eigenvalue weighted by Crippen LogP contribution is -2.44. The Morgan fingerprint density at radius 1 is 1.15 bits per heavy atom. The summed E-state index contributed by atoms with van der Waals surface area (Å²) in [6.07, 6.45) is 5.97. The molecule has 3 aliphatic rings. The highest BCUT2D eigenvalue weighted by Crippen LogP contribution is 2.41. The van der Waals surface area contributed by atoms with Gasteiger partial charge in [-0.1, -0.05) is 0 Å². The van der Waals surface area contributed by atoms with E-state index >= 15 is 0 Å². The lowest BCUT2D eigenvalue weighted by molar-refractivity contribution is -0.116. The number of benzene rings is 1. The molecule has 1 unspecified atom stereocenters. The van der Waals surface area contributed by atoms with Crippen LogP contribution in [0.15, 0.2) is 30.1 Å². The van der Waals surface area contributed by atoms with Gasteiger partial charge in [-0.3, -0.25) is 4.79 Å². The number of amides is 1. The average Bonchev–Trinajstić information content (AvgIpc) is 3.52. The van der Waals surface area contributed by atoms with Gasteiger partial charge in [-0.2, -0.15) is 0 Å². The molecule has 5 rings (SSSR count). The first-order valence-corrected chi connectivity index (χ1v) is 11.7. The maximum Gasteiger partial charge on any atom is 0.255 e. The summed E-state index contributed by atoms with van der Waals surface area (Å²) in [5.41, 5.74) is 3.85.